The van der Waals surface area contributed by atoms with Crippen molar-refractivity contribution in [2.24, 2.45) is 0 Å². The van der Waals surface area contributed by atoms with Crippen LogP contribution in [-0.2, 0) is 4.79 Å². The van der Waals surface area contributed by atoms with Gasteiger partial charge in [-0.25, -0.2) is 4.98 Å². The van der Waals surface area contributed by atoms with Crippen LogP contribution in [0.4, 0.5) is 0 Å². The number of carboxylic acid groups (broad SMARTS) is 1. The molecule has 0 aliphatic heterocycles. The largest absolute Gasteiger partial charge is 0.481 e. The van der Waals surface area contributed by atoms with Gasteiger partial charge in [0.05, 0.1) is 11.5 Å². The highest BCUT2D eigenvalue weighted by Crippen LogP contribution is 2.23. The molecule has 2 N–H and O–H groups in total. The fraction of sp³-hybridized carbons (Fsp3) is 0.350. The lowest BCUT2D eigenvalue weighted by Gasteiger charge is -2.14. The maximum absolute atomic E-state index is 12.3. The van der Waals surface area contributed by atoms with Gasteiger partial charge in [-0.2, -0.15) is 0 Å². The third-order valence-electron chi connectivity index (χ3n) is 4.55. The van der Waals surface area contributed by atoms with Gasteiger partial charge in [0.15, 0.2) is 0 Å². The first kappa shape index (κ1) is 17.9. The molecule has 3 rings (SSSR count). The maximum Gasteiger partial charge on any atom is 0.312 e. The second-order valence-electron chi connectivity index (χ2n) is 6.42. The van der Waals surface area contributed by atoms with Crippen LogP contribution < -0.4 is 10.1 Å². The second kappa shape index (κ2) is 8.47. The SMILES string of the molecule is O=C(NCC(C(=O)O)c1ccccc1)c1ccc(OC2CCCC2)nc1. The Bertz CT molecular complexity index is 740. The first-order chi connectivity index (χ1) is 12.6. The molecule has 6 nitrogen and oxygen atoms in total. The van der Waals surface area contributed by atoms with Gasteiger partial charge in [0.25, 0.3) is 5.91 Å². The lowest BCUT2D eigenvalue weighted by atomic mass is 9.99. The average molecular weight is 354 g/mol. The predicted octanol–water partition coefficient (Wildman–Crippen LogP) is 3.00. The number of aromatic nitrogens is 1. The van der Waals surface area contributed by atoms with Crippen molar-refractivity contribution in [3.8, 4) is 5.88 Å². The number of rotatable bonds is 7. The average Bonchev–Trinajstić information content (AvgIpc) is 3.16. The Hall–Kier alpha value is -2.89. The predicted molar refractivity (Wildman–Crippen MR) is 96.3 cm³/mol. The minimum Gasteiger partial charge on any atom is -0.481 e. The molecule has 1 saturated carbocycles. The van der Waals surface area contributed by atoms with Crippen molar-refractivity contribution < 1.29 is 19.4 Å². The lowest BCUT2D eigenvalue weighted by Crippen LogP contribution is -2.31. The van der Waals surface area contributed by atoms with Gasteiger partial charge in [0.1, 0.15) is 6.10 Å². The van der Waals surface area contributed by atoms with E-state index in [1.165, 1.54) is 19.0 Å². The highest BCUT2D eigenvalue weighted by atomic mass is 16.5. The van der Waals surface area contributed by atoms with E-state index >= 15 is 0 Å². The zero-order valence-electron chi connectivity index (χ0n) is 14.4. The third-order valence-corrected chi connectivity index (χ3v) is 4.55. The number of hydrogen-bond acceptors (Lipinski definition) is 4. The monoisotopic (exact) mass is 354 g/mol. The molecule has 1 fully saturated rings. The Kier molecular flexibility index (Phi) is 5.84. The summed E-state index contributed by atoms with van der Waals surface area (Å²) >= 11 is 0. The first-order valence-corrected chi connectivity index (χ1v) is 8.82. The summed E-state index contributed by atoms with van der Waals surface area (Å²) < 4.78 is 5.78. The molecule has 136 valence electrons. The highest BCUT2D eigenvalue weighted by molar-refractivity contribution is 5.94. The molecule has 2 aromatic rings. The summed E-state index contributed by atoms with van der Waals surface area (Å²) in [6, 6.07) is 12.2. The number of carbonyl (C=O) groups is 2. The van der Waals surface area contributed by atoms with Crippen molar-refractivity contribution in [2.75, 3.05) is 6.54 Å². The zero-order valence-corrected chi connectivity index (χ0v) is 14.4. The smallest absolute Gasteiger partial charge is 0.312 e. The standard InChI is InChI=1S/C20H22N2O4/c23-19(22-13-17(20(24)25)14-6-2-1-3-7-14)15-10-11-18(21-12-15)26-16-8-4-5-9-16/h1-3,6-7,10-12,16-17H,4-5,8-9,13H2,(H,22,23)(H,24,25). The number of pyridine rings is 1. The van der Waals surface area contributed by atoms with E-state index in [1.807, 2.05) is 6.07 Å². The molecule has 1 aromatic heterocycles. The number of benzene rings is 1. The van der Waals surface area contributed by atoms with Crippen molar-refractivity contribution in [3.63, 3.8) is 0 Å². The topological polar surface area (TPSA) is 88.5 Å². The van der Waals surface area contributed by atoms with Crippen LogP contribution in [0.3, 0.4) is 0 Å². The molecule has 6 heteroatoms. The van der Waals surface area contributed by atoms with E-state index in [9.17, 15) is 14.7 Å². The molecule has 0 saturated heterocycles. The van der Waals surface area contributed by atoms with Crippen molar-refractivity contribution in [2.45, 2.75) is 37.7 Å². The fourth-order valence-corrected chi connectivity index (χ4v) is 3.09. The van der Waals surface area contributed by atoms with E-state index in [0.29, 0.717) is 17.0 Å². The molecule has 1 aliphatic rings. The van der Waals surface area contributed by atoms with E-state index in [1.54, 1.807) is 36.4 Å². The van der Waals surface area contributed by atoms with E-state index in [2.05, 4.69) is 10.3 Å². The molecule has 1 amide bonds. The van der Waals surface area contributed by atoms with Crippen LogP contribution >= 0.6 is 0 Å². The summed E-state index contributed by atoms with van der Waals surface area (Å²) in [7, 11) is 0. The summed E-state index contributed by atoms with van der Waals surface area (Å²) in [6.07, 6.45) is 6.11. The molecule has 26 heavy (non-hydrogen) atoms. The van der Waals surface area contributed by atoms with Crippen molar-refractivity contribution in [3.05, 3.63) is 59.8 Å². The first-order valence-electron chi connectivity index (χ1n) is 8.82. The Balaban J connectivity index is 1.57. The van der Waals surface area contributed by atoms with Crippen LogP contribution in [0.2, 0.25) is 0 Å². The molecule has 0 spiro atoms. The van der Waals surface area contributed by atoms with Gasteiger partial charge in [-0.05, 0) is 37.3 Å². The maximum atomic E-state index is 12.3. The Morgan fingerprint density at radius 2 is 1.88 bits per heavy atom. The number of nitrogens with zero attached hydrogens (tertiary/aromatic N) is 1. The number of amides is 1. The summed E-state index contributed by atoms with van der Waals surface area (Å²) in [4.78, 5) is 27.9. The Morgan fingerprint density at radius 1 is 1.15 bits per heavy atom. The van der Waals surface area contributed by atoms with E-state index in [4.69, 9.17) is 4.74 Å². The lowest BCUT2D eigenvalue weighted by molar-refractivity contribution is -0.138. The molecule has 1 unspecified atom stereocenters. The van der Waals surface area contributed by atoms with Crippen molar-refractivity contribution in [1.82, 2.24) is 10.3 Å². The molecular formula is C20H22N2O4. The summed E-state index contributed by atoms with van der Waals surface area (Å²) in [6.45, 7) is 0.0124. The van der Waals surface area contributed by atoms with Crippen molar-refractivity contribution in [1.29, 1.82) is 0 Å². The molecule has 1 atom stereocenters. The fourth-order valence-electron chi connectivity index (χ4n) is 3.09. The zero-order chi connectivity index (χ0) is 18.4. The molecule has 1 aliphatic carbocycles. The number of hydrogen-bond donors (Lipinski definition) is 2. The highest BCUT2D eigenvalue weighted by Gasteiger charge is 2.21. The van der Waals surface area contributed by atoms with Gasteiger partial charge in [-0.1, -0.05) is 30.3 Å². The van der Waals surface area contributed by atoms with Crippen LogP contribution in [0.5, 0.6) is 5.88 Å². The van der Waals surface area contributed by atoms with Gasteiger partial charge in [-0.15, -0.1) is 0 Å². The van der Waals surface area contributed by atoms with Crippen LogP contribution in [-0.4, -0.2) is 34.6 Å². The van der Waals surface area contributed by atoms with Crippen LogP contribution in [0, 0.1) is 0 Å². The minimum absolute atomic E-state index is 0.0124. The van der Waals surface area contributed by atoms with Gasteiger partial charge >= 0.3 is 5.97 Å². The number of aliphatic carboxylic acids is 1. The van der Waals surface area contributed by atoms with E-state index in [0.717, 1.165) is 12.8 Å². The molecular weight excluding hydrogens is 332 g/mol. The normalized spacial score (nSPS) is 15.4. The number of nitrogens with one attached hydrogen (secondary N) is 1. The van der Waals surface area contributed by atoms with Crippen LogP contribution in [0.1, 0.15) is 47.5 Å². The van der Waals surface area contributed by atoms with E-state index in [-0.39, 0.29) is 18.6 Å². The van der Waals surface area contributed by atoms with Gasteiger partial charge < -0.3 is 15.2 Å². The molecule has 0 bridgehead atoms. The number of ether oxygens (including phenoxy) is 1. The molecule has 1 aromatic carbocycles. The Labute approximate surface area is 152 Å². The van der Waals surface area contributed by atoms with Crippen LogP contribution in [0.15, 0.2) is 48.7 Å². The molecule has 0 radical (unpaired) electrons. The Morgan fingerprint density at radius 3 is 2.50 bits per heavy atom. The van der Waals surface area contributed by atoms with Gasteiger partial charge in [0, 0.05) is 18.8 Å². The summed E-state index contributed by atoms with van der Waals surface area (Å²) in [5.41, 5.74) is 1.03. The van der Waals surface area contributed by atoms with Gasteiger partial charge in [0.2, 0.25) is 5.88 Å². The minimum atomic E-state index is -0.977. The second-order valence-corrected chi connectivity index (χ2v) is 6.42. The third kappa shape index (κ3) is 4.59. The number of carbonyl (C=O) groups excluding carboxylic acids is 1. The van der Waals surface area contributed by atoms with Crippen molar-refractivity contribution >= 4 is 11.9 Å². The number of carboxylic acids is 1. The summed E-state index contributed by atoms with van der Waals surface area (Å²) in [5.74, 6) is -1.61. The molecule has 1 heterocycles. The van der Waals surface area contributed by atoms with E-state index < -0.39 is 11.9 Å². The van der Waals surface area contributed by atoms with Gasteiger partial charge in [-0.3, -0.25) is 9.59 Å². The van der Waals surface area contributed by atoms with Crippen LogP contribution in [0.25, 0.3) is 0 Å². The quantitative estimate of drug-likeness (QED) is 0.798. The summed E-state index contributed by atoms with van der Waals surface area (Å²) in [5, 5.41) is 12.1.